The van der Waals surface area contributed by atoms with E-state index in [1.54, 1.807) is 18.2 Å². The van der Waals surface area contributed by atoms with E-state index in [-0.39, 0.29) is 22.6 Å². The Bertz CT molecular complexity index is 1150. The van der Waals surface area contributed by atoms with Crippen molar-refractivity contribution in [1.29, 1.82) is 0 Å². The molecule has 0 aliphatic carbocycles. The summed E-state index contributed by atoms with van der Waals surface area (Å²) in [6.07, 6.45) is 2.90. The summed E-state index contributed by atoms with van der Waals surface area (Å²) in [7, 11) is 0. The van der Waals surface area contributed by atoms with Crippen LogP contribution in [0.3, 0.4) is 0 Å². The second kappa shape index (κ2) is 6.69. The minimum absolute atomic E-state index is 0.0959. The summed E-state index contributed by atoms with van der Waals surface area (Å²) in [6.45, 7) is 3.78. The number of rotatable bonds is 3. The Labute approximate surface area is 165 Å². The molecule has 3 heterocycles. The molecular weight excluding hydrogens is 380 g/mol. The molecule has 140 valence electrons. The van der Waals surface area contributed by atoms with E-state index < -0.39 is 17.7 Å². The van der Waals surface area contributed by atoms with Crippen molar-refractivity contribution in [1.82, 2.24) is 20.4 Å². The molecular formula is C20H15ClN4O3. The van der Waals surface area contributed by atoms with Crippen LogP contribution in [0.5, 0.6) is 0 Å². The molecule has 1 aliphatic heterocycles. The Morgan fingerprint density at radius 1 is 1.07 bits per heavy atom. The van der Waals surface area contributed by atoms with Crippen LogP contribution in [0.15, 0.2) is 42.7 Å². The van der Waals surface area contributed by atoms with E-state index in [0.717, 1.165) is 5.01 Å². The smallest absolute Gasteiger partial charge is 0.267 e. The molecule has 1 aromatic carbocycles. The van der Waals surface area contributed by atoms with Gasteiger partial charge in [0, 0.05) is 28.4 Å². The number of carbonyl (C=O) groups is 3. The van der Waals surface area contributed by atoms with E-state index in [9.17, 15) is 14.4 Å². The van der Waals surface area contributed by atoms with Crippen LogP contribution in [-0.4, -0.2) is 32.7 Å². The first-order chi connectivity index (χ1) is 13.4. The average Bonchev–Trinajstić information content (AvgIpc) is 2.93. The Balaban J connectivity index is 1.84. The standard InChI is InChI=1S/C20H15ClN4O3/c1-10(2)17-16-15(13-9-12(21)3-4-14(13)23-17)19(27)25(20(16)28)24-18(26)11-5-7-22-8-6-11/h3-10H,1-2H3,(H,24,26). The van der Waals surface area contributed by atoms with Crippen molar-refractivity contribution in [2.75, 3.05) is 0 Å². The summed E-state index contributed by atoms with van der Waals surface area (Å²) in [4.78, 5) is 47.0. The molecule has 8 heteroatoms. The minimum Gasteiger partial charge on any atom is -0.267 e. The lowest BCUT2D eigenvalue weighted by atomic mass is 9.97. The van der Waals surface area contributed by atoms with Crippen LogP contribution in [0.4, 0.5) is 0 Å². The first-order valence-electron chi connectivity index (χ1n) is 8.61. The van der Waals surface area contributed by atoms with Crippen molar-refractivity contribution < 1.29 is 14.4 Å². The van der Waals surface area contributed by atoms with Gasteiger partial charge in [-0.15, -0.1) is 0 Å². The summed E-state index contributed by atoms with van der Waals surface area (Å²) in [5, 5.41) is 1.64. The maximum atomic E-state index is 13.1. The van der Waals surface area contributed by atoms with Crippen LogP contribution in [0.25, 0.3) is 10.9 Å². The molecule has 0 saturated heterocycles. The number of hydrogen-bond acceptors (Lipinski definition) is 5. The highest BCUT2D eigenvalue weighted by molar-refractivity contribution is 6.32. The second-order valence-electron chi connectivity index (χ2n) is 6.69. The number of nitrogens with one attached hydrogen (secondary N) is 1. The van der Waals surface area contributed by atoms with E-state index in [0.29, 0.717) is 21.6 Å². The number of imide groups is 1. The third kappa shape index (κ3) is 2.80. The molecule has 28 heavy (non-hydrogen) atoms. The summed E-state index contributed by atoms with van der Waals surface area (Å²) in [6, 6.07) is 7.97. The fourth-order valence-electron chi connectivity index (χ4n) is 3.20. The van der Waals surface area contributed by atoms with Gasteiger partial charge in [0.1, 0.15) is 0 Å². The average molecular weight is 395 g/mol. The number of amides is 3. The molecule has 0 spiro atoms. The van der Waals surface area contributed by atoms with E-state index >= 15 is 0 Å². The fraction of sp³-hybridized carbons (Fsp3) is 0.150. The number of nitrogens with zero attached hydrogens (tertiary/aromatic N) is 3. The summed E-state index contributed by atoms with van der Waals surface area (Å²) in [5.41, 5.74) is 4.15. The van der Waals surface area contributed by atoms with Crippen LogP contribution in [0, 0.1) is 0 Å². The fourth-order valence-corrected chi connectivity index (χ4v) is 3.37. The number of hydrogen-bond donors (Lipinski definition) is 1. The monoisotopic (exact) mass is 394 g/mol. The zero-order valence-electron chi connectivity index (χ0n) is 15.1. The number of benzene rings is 1. The van der Waals surface area contributed by atoms with Gasteiger partial charge >= 0.3 is 0 Å². The van der Waals surface area contributed by atoms with E-state index in [2.05, 4.69) is 15.4 Å². The van der Waals surface area contributed by atoms with Gasteiger partial charge in [-0.1, -0.05) is 25.4 Å². The van der Waals surface area contributed by atoms with Crippen molar-refractivity contribution in [3.63, 3.8) is 0 Å². The lowest BCUT2D eigenvalue weighted by Crippen LogP contribution is -2.46. The predicted octanol–water partition coefficient (Wildman–Crippen LogP) is 3.35. The minimum atomic E-state index is -0.612. The number of hydrazine groups is 1. The molecule has 0 atom stereocenters. The SMILES string of the molecule is CC(C)c1nc2ccc(Cl)cc2c2c1C(=O)N(NC(=O)c1ccncc1)C2=O. The molecule has 3 aromatic rings. The van der Waals surface area contributed by atoms with Crippen molar-refractivity contribution in [2.45, 2.75) is 19.8 Å². The third-order valence-electron chi connectivity index (χ3n) is 4.51. The summed E-state index contributed by atoms with van der Waals surface area (Å²) < 4.78 is 0. The quantitative estimate of drug-likeness (QED) is 0.688. The first-order valence-corrected chi connectivity index (χ1v) is 8.99. The van der Waals surface area contributed by atoms with Crippen LogP contribution in [0.2, 0.25) is 5.02 Å². The van der Waals surface area contributed by atoms with E-state index in [1.165, 1.54) is 24.5 Å². The molecule has 0 unspecified atom stereocenters. The van der Waals surface area contributed by atoms with Gasteiger partial charge in [0.15, 0.2) is 0 Å². The highest BCUT2D eigenvalue weighted by atomic mass is 35.5. The molecule has 3 amide bonds. The topological polar surface area (TPSA) is 92.3 Å². The Kier molecular flexibility index (Phi) is 4.31. The van der Waals surface area contributed by atoms with E-state index in [4.69, 9.17) is 11.6 Å². The highest BCUT2D eigenvalue weighted by Crippen LogP contribution is 2.34. The van der Waals surface area contributed by atoms with Gasteiger partial charge in [0.25, 0.3) is 17.7 Å². The molecule has 1 N–H and O–H groups in total. The summed E-state index contributed by atoms with van der Waals surface area (Å²) in [5.74, 6) is -1.90. The second-order valence-corrected chi connectivity index (χ2v) is 7.12. The number of halogens is 1. The third-order valence-corrected chi connectivity index (χ3v) is 4.75. The maximum Gasteiger partial charge on any atom is 0.282 e. The Hall–Kier alpha value is -3.32. The molecule has 0 saturated carbocycles. The Morgan fingerprint density at radius 2 is 1.75 bits per heavy atom. The van der Waals surface area contributed by atoms with Crippen LogP contribution in [0.1, 0.15) is 56.5 Å². The number of carbonyl (C=O) groups excluding carboxylic acids is 3. The van der Waals surface area contributed by atoms with Gasteiger partial charge in [-0.05, 0) is 36.2 Å². The molecule has 7 nitrogen and oxygen atoms in total. The maximum absolute atomic E-state index is 13.1. The number of pyridine rings is 2. The Morgan fingerprint density at radius 3 is 2.43 bits per heavy atom. The molecule has 2 aromatic heterocycles. The van der Waals surface area contributed by atoms with Crippen LogP contribution < -0.4 is 5.43 Å². The molecule has 0 fully saturated rings. The lowest BCUT2D eigenvalue weighted by molar-refractivity contribution is 0.0518. The highest BCUT2D eigenvalue weighted by Gasteiger charge is 2.41. The largest absolute Gasteiger partial charge is 0.282 e. The summed E-state index contributed by atoms with van der Waals surface area (Å²) >= 11 is 6.09. The van der Waals surface area contributed by atoms with Gasteiger partial charge < -0.3 is 0 Å². The molecule has 1 aliphatic rings. The number of aromatic nitrogens is 2. The molecule has 4 rings (SSSR count). The lowest BCUT2D eigenvalue weighted by Gasteiger charge is -2.15. The van der Waals surface area contributed by atoms with Gasteiger partial charge in [-0.2, -0.15) is 5.01 Å². The van der Waals surface area contributed by atoms with E-state index in [1.807, 2.05) is 13.8 Å². The van der Waals surface area contributed by atoms with Crippen molar-refractivity contribution in [2.24, 2.45) is 0 Å². The zero-order chi connectivity index (χ0) is 20.0. The first kappa shape index (κ1) is 18.1. The molecule has 0 radical (unpaired) electrons. The normalized spacial score (nSPS) is 13.4. The van der Waals surface area contributed by atoms with Gasteiger partial charge in [0.05, 0.1) is 22.3 Å². The van der Waals surface area contributed by atoms with Gasteiger partial charge in [-0.3, -0.25) is 29.8 Å². The predicted molar refractivity (Wildman–Crippen MR) is 103 cm³/mol. The van der Waals surface area contributed by atoms with Gasteiger partial charge in [-0.25, -0.2) is 0 Å². The van der Waals surface area contributed by atoms with Crippen LogP contribution in [-0.2, 0) is 0 Å². The zero-order valence-corrected chi connectivity index (χ0v) is 15.8. The van der Waals surface area contributed by atoms with Crippen molar-refractivity contribution >= 4 is 40.2 Å². The van der Waals surface area contributed by atoms with Crippen molar-refractivity contribution in [3.05, 3.63) is 70.1 Å². The van der Waals surface area contributed by atoms with Gasteiger partial charge in [0.2, 0.25) is 0 Å². The number of fused-ring (bicyclic) bond motifs is 3. The molecule has 0 bridgehead atoms. The van der Waals surface area contributed by atoms with Crippen LogP contribution >= 0.6 is 11.6 Å². The van der Waals surface area contributed by atoms with Crippen molar-refractivity contribution in [3.8, 4) is 0 Å².